The van der Waals surface area contributed by atoms with E-state index in [1.54, 1.807) is 19.9 Å². The van der Waals surface area contributed by atoms with Gasteiger partial charge < -0.3 is 20.2 Å². The highest BCUT2D eigenvalue weighted by atomic mass is 32.2. The number of carboxylic acid groups (broad SMARTS) is 1. The van der Waals surface area contributed by atoms with Gasteiger partial charge in [-0.3, -0.25) is 9.59 Å². The van der Waals surface area contributed by atoms with Gasteiger partial charge in [-0.05, 0) is 58.6 Å². The number of carbonyl (C=O) groups is 3. The number of hydrogen-bond donors (Lipinski definition) is 2. The predicted molar refractivity (Wildman–Crippen MR) is 117 cm³/mol. The minimum Gasteiger partial charge on any atom is -0.480 e. The van der Waals surface area contributed by atoms with Crippen LogP contribution in [0, 0.1) is 5.82 Å². The molecule has 2 aliphatic heterocycles. The van der Waals surface area contributed by atoms with Gasteiger partial charge in [-0.1, -0.05) is 17.3 Å². The van der Waals surface area contributed by atoms with Gasteiger partial charge in [-0.15, -0.1) is 11.8 Å². The molecule has 0 spiro atoms. The average molecular weight is 464 g/mol. The number of aliphatic carboxylic acids is 1. The van der Waals surface area contributed by atoms with Gasteiger partial charge in [0.1, 0.15) is 28.9 Å². The summed E-state index contributed by atoms with van der Waals surface area (Å²) in [5.41, 5.74) is -0.808. The van der Waals surface area contributed by atoms with Gasteiger partial charge in [0.2, 0.25) is 5.91 Å². The minimum absolute atomic E-state index is 0.0296. The lowest BCUT2D eigenvalue weighted by atomic mass is 9.96. The Morgan fingerprint density at radius 1 is 1.25 bits per heavy atom. The predicted octanol–water partition coefficient (Wildman–Crippen LogP) is 2.51. The maximum absolute atomic E-state index is 14.5. The van der Waals surface area contributed by atoms with Crippen LogP contribution in [-0.2, 0) is 19.2 Å². The standard InChI is InChI=1S/C22H26FN3O5S/c1-21(2)16(20(29)30)26-18(28)15(19(26)32-21)24-17(27)14(12-8-4-5-9-13(12)23)25-31-22(3)10-6-7-11-22/h4-5,8-9,15-16,19H,6-7,10-11H2,1-3H3,(H,24,27)(H,29,30)/b25-14-/t15-,16-,19+/m0/s1. The van der Waals surface area contributed by atoms with Crippen LogP contribution in [0.15, 0.2) is 29.4 Å². The maximum atomic E-state index is 14.5. The molecule has 32 heavy (non-hydrogen) atoms. The number of carbonyl (C=O) groups excluding carboxylic acids is 2. The van der Waals surface area contributed by atoms with Crippen molar-refractivity contribution < 1.29 is 28.7 Å². The van der Waals surface area contributed by atoms with Crippen molar-refractivity contribution in [1.29, 1.82) is 0 Å². The number of rotatable bonds is 6. The second-order valence-electron chi connectivity index (χ2n) is 9.22. The summed E-state index contributed by atoms with van der Waals surface area (Å²) in [6.07, 6.45) is 3.53. The smallest absolute Gasteiger partial charge is 0.327 e. The molecule has 10 heteroatoms. The zero-order valence-electron chi connectivity index (χ0n) is 18.1. The van der Waals surface area contributed by atoms with Crippen LogP contribution in [0.2, 0.25) is 0 Å². The lowest BCUT2D eigenvalue weighted by Gasteiger charge is -2.43. The van der Waals surface area contributed by atoms with Crippen LogP contribution in [-0.4, -0.2) is 61.3 Å². The van der Waals surface area contributed by atoms with Crippen molar-refractivity contribution in [2.75, 3.05) is 0 Å². The monoisotopic (exact) mass is 463 g/mol. The molecular weight excluding hydrogens is 437 g/mol. The van der Waals surface area contributed by atoms with Crippen LogP contribution in [0.5, 0.6) is 0 Å². The quantitative estimate of drug-likeness (QED) is 0.381. The van der Waals surface area contributed by atoms with Crippen molar-refractivity contribution in [3.05, 3.63) is 35.6 Å². The lowest BCUT2D eigenvalue weighted by Crippen LogP contribution is -2.71. The average Bonchev–Trinajstić information content (AvgIpc) is 3.26. The van der Waals surface area contributed by atoms with Crippen LogP contribution in [0.25, 0.3) is 0 Å². The molecule has 2 heterocycles. The normalized spacial score (nSPS) is 28.1. The largest absolute Gasteiger partial charge is 0.480 e. The highest BCUT2D eigenvalue weighted by Gasteiger charge is 2.64. The van der Waals surface area contributed by atoms with Crippen molar-refractivity contribution in [2.24, 2.45) is 5.16 Å². The fourth-order valence-corrected chi connectivity index (χ4v) is 6.22. The van der Waals surface area contributed by atoms with E-state index in [9.17, 15) is 23.9 Å². The van der Waals surface area contributed by atoms with E-state index in [2.05, 4.69) is 10.5 Å². The van der Waals surface area contributed by atoms with Crippen molar-refractivity contribution in [3.63, 3.8) is 0 Å². The molecule has 4 rings (SSSR count). The summed E-state index contributed by atoms with van der Waals surface area (Å²) in [4.78, 5) is 44.5. The molecule has 1 saturated carbocycles. The summed E-state index contributed by atoms with van der Waals surface area (Å²) in [5.74, 6) is -2.95. The number of benzene rings is 1. The van der Waals surface area contributed by atoms with Gasteiger partial charge in [0.25, 0.3) is 5.91 Å². The third-order valence-electron chi connectivity index (χ3n) is 6.32. The minimum atomic E-state index is -1.09. The van der Waals surface area contributed by atoms with E-state index in [1.165, 1.54) is 34.9 Å². The van der Waals surface area contributed by atoms with Gasteiger partial charge in [0, 0.05) is 10.3 Å². The highest BCUT2D eigenvalue weighted by molar-refractivity contribution is 8.01. The number of nitrogens with zero attached hydrogens (tertiary/aromatic N) is 2. The van der Waals surface area contributed by atoms with Crippen LogP contribution in [0.3, 0.4) is 0 Å². The number of carboxylic acids is 1. The molecule has 0 bridgehead atoms. The topological polar surface area (TPSA) is 108 Å². The van der Waals surface area contributed by atoms with Crippen LogP contribution in [0.1, 0.15) is 52.0 Å². The third kappa shape index (κ3) is 3.85. The Labute approximate surface area is 189 Å². The molecule has 0 radical (unpaired) electrons. The molecule has 0 unspecified atom stereocenters. The summed E-state index contributed by atoms with van der Waals surface area (Å²) in [7, 11) is 0. The fourth-order valence-electron chi connectivity index (χ4n) is 4.59. The van der Waals surface area contributed by atoms with E-state index in [1.807, 2.05) is 6.92 Å². The first-order chi connectivity index (χ1) is 15.0. The number of oxime groups is 1. The Hall–Kier alpha value is -2.62. The molecule has 3 aliphatic rings. The van der Waals surface area contributed by atoms with E-state index in [0.29, 0.717) is 0 Å². The van der Waals surface area contributed by atoms with Crippen LogP contribution >= 0.6 is 11.8 Å². The maximum Gasteiger partial charge on any atom is 0.327 e. The molecule has 1 aromatic carbocycles. The summed E-state index contributed by atoms with van der Waals surface area (Å²) in [5, 5.41) is 15.7. The number of halogens is 1. The molecule has 2 N–H and O–H groups in total. The van der Waals surface area contributed by atoms with E-state index >= 15 is 0 Å². The molecule has 8 nitrogen and oxygen atoms in total. The van der Waals surface area contributed by atoms with E-state index in [-0.39, 0.29) is 11.3 Å². The van der Waals surface area contributed by atoms with Crippen LogP contribution < -0.4 is 5.32 Å². The summed E-state index contributed by atoms with van der Waals surface area (Å²) in [6.45, 7) is 5.41. The summed E-state index contributed by atoms with van der Waals surface area (Å²) >= 11 is 1.32. The highest BCUT2D eigenvalue weighted by Crippen LogP contribution is 2.50. The molecule has 2 saturated heterocycles. The number of hydrogen-bond acceptors (Lipinski definition) is 6. The fraction of sp³-hybridized carbons (Fsp3) is 0.545. The van der Waals surface area contributed by atoms with E-state index < -0.39 is 51.4 Å². The van der Waals surface area contributed by atoms with Crippen molar-refractivity contribution in [2.45, 2.75) is 74.3 Å². The van der Waals surface area contributed by atoms with Crippen molar-refractivity contribution in [3.8, 4) is 0 Å². The van der Waals surface area contributed by atoms with Gasteiger partial charge in [-0.25, -0.2) is 9.18 Å². The number of β-lactam (4-membered cyclic amide) rings is 1. The molecule has 1 aliphatic carbocycles. The van der Waals surface area contributed by atoms with Crippen molar-refractivity contribution >= 4 is 35.3 Å². The Morgan fingerprint density at radius 2 is 1.91 bits per heavy atom. The Morgan fingerprint density at radius 3 is 2.53 bits per heavy atom. The molecule has 3 fully saturated rings. The number of thioether (sulfide) groups is 1. The van der Waals surface area contributed by atoms with Gasteiger partial charge >= 0.3 is 5.97 Å². The molecule has 1 aromatic rings. The van der Waals surface area contributed by atoms with Crippen molar-refractivity contribution in [1.82, 2.24) is 10.2 Å². The first-order valence-electron chi connectivity index (χ1n) is 10.6. The molecule has 3 atom stereocenters. The van der Waals surface area contributed by atoms with Gasteiger partial charge in [0.05, 0.1) is 0 Å². The zero-order chi connectivity index (χ0) is 23.3. The molecule has 172 valence electrons. The van der Waals surface area contributed by atoms with Gasteiger partial charge in [0.15, 0.2) is 5.71 Å². The third-order valence-corrected chi connectivity index (χ3v) is 7.90. The molecule has 0 aromatic heterocycles. The zero-order valence-corrected chi connectivity index (χ0v) is 18.9. The first-order valence-corrected chi connectivity index (χ1v) is 11.5. The molecular formula is C22H26FN3O5S. The first kappa shape index (κ1) is 22.6. The SMILES string of the molecule is CC1(O/N=C(\C(=O)N[C@H]2C(=O)N3[C@@H]2SC(C)(C)[C@@H]3C(=O)O)c2ccccc2F)CCCC1. The summed E-state index contributed by atoms with van der Waals surface area (Å²) in [6, 6.07) is 3.83. The molecule has 2 amide bonds. The van der Waals surface area contributed by atoms with Crippen LogP contribution in [0.4, 0.5) is 4.39 Å². The second-order valence-corrected chi connectivity index (χ2v) is 11.0. The second kappa shape index (κ2) is 8.06. The summed E-state index contributed by atoms with van der Waals surface area (Å²) < 4.78 is 13.8. The van der Waals surface area contributed by atoms with E-state index in [0.717, 1.165) is 25.7 Å². The van der Waals surface area contributed by atoms with Gasteiger partial charge in [-0.2, -0.15) is 0 Å². The Bertz CT molecular complexity index is 992. The number of fused-ring (bicyclic) bond motifs is 1. The lowest BCUT2D eigenvalue weighted by molar-refractivity contribution is -0.160. The Kier molecular flexibility index (Phi) is 5.68. The van der Waals surface area contributed by atoms with E-state index in [4.69, 9.17) is 4.84 Å². The number of amides is 2. The Balaban J connectivity index is 1.57. The number of nitrogens with one attached hydrogen (secondary N) is 1.